The molecule has 7 heteroatoms. The van der Waals surface area contributed by atoms with E-state index in [-0.39, 0.29) is 24.0 Å². The predicted octanol–water partition coefficient (Wildman–Crippen LogP) is 3.13. The molecule has 2 aromatic rings. The Kier molecular flexibility index (Phi) is 8.91. The third kappa shape index (κ3) is 5.36. The Balaban J connectivity index is 0.00000338. The fourth-order valence-electron chi connectivity index (χ4n) is 2.90. The number of aliphatic imine (C=N–C) groups is 1. The molecule has 2 N–H and O–H groups in total. The van der Waals surface area contributed by atoms with Gasteiger partial charge in [-0.25, -0.2) is 0 Å². The number of benzene rings is 1. The number of ether oxygens (including phenoxy) is 1. The number of halogens is 1. The van der Waals surface area contributed by atoms with E-state index in [1.54, 1.807) is 14.2 Å². The summed E-state index contributed by atoms with van der Waals surface area (Å²) in [6.45, 7) is 7.76. The van der Waals surface area contributed by atoms with Gasteiger partial charge in [0.05, 0.1) is 12.8 Å². The van der Waals surface area contributed by atoms with Crippen molar-refractivity contribution in [2.45, 2.75) is 33.2 Å². The summed E-state index contributed by atoms with van der Waals surface area (Å²) < 4.78 is 7.36. The maximum atomic E-state index is 5.45. The monoisotopic (exact) mass is 471 g/mol. The standard InChI is InChI=1S/C19H29N5O.HI/c1-13(16-9-7-8-10-18(16)25-6)11-21-19(20-4)22-12-17-14(2)23-24(5)15(17)3;/h7-10,13H,11-12H2,1-6H3,(H2,20,21,22);1H. The van der Waals surface area contributed by atoms with E-state index in [0.717, 1.165) is 23.9 Å². The lowest BCUT2D eigenvalue weighted by Crippen LogP contribution is -2.38. The van der Waals surface area contributed by atoms with Crippen molar-refractivity contribution >= 4 is 29.9 Å². The van der Waals surface area contributed by atoms with Crippen LogP contribution in [0.2, 0.25) is 0 Å². The lowest BCUT2D eigenvalue weighted by molar-refractivity contribution is 0.406. The molecule has 0 amide bonds. The molecule has 1 atom stereocenters. The number of aromatic nitrogens is 2. The highest BCUT2D eigenvalue weighted by Crippen LogP contribution is 2.25. The summed E-state index contributed by atoms with van der Waals surface area (Å²) >= 11 is 0. The van der Waals surface area contributed by atoms with Crippen molar-refractivity contribution in [3.63, 3.8) is 0 Å². The van der Waals surface area contributed by atoms with Gasteiger partial charge < -0.3 is 15.4 Å². The molecule has 1 aromatic heterocycles. The zero-order chi connectivity index (χ0) is 18.4. The molecule has 1 unspecified atom stereocenters. The molecule has 1 aromatic carbocycles. The van der Waals surface area contributed by atoms with Crippen LogP contribution in [0.4, 0.5) is 0 Å². The first kappa shape index (κ1) is 22.3. The predicted molar refractivity (Wildman–Crippen MR) is 118 cm³/mol. The van der Waals surface area contributed by atoms with E-state index in [9.17, 15) is 0 Å². The Labute approximate surface area is 173 Å². The Hall–Kier alpha value is -1.77. The van der Waals surface area contributed by atoms with E-state index < -0.39 is 0 Å². The number of aryl methyl sites for hydroxylation is 2. The van der Waals surface area contributed by atoms with Gasteiger partial charge in [0, 0.05) is 44.4 Å². The van der Waals surface area contributed by atoms with Gasteiger partial charge in [-0.3, -0.25) is 9.67 Å². The van der Waals surface area contributed by atoms with Gasteiger partial charge in [0.1, 0.15) is 5.75 Å². The second-order valence-corrected chi connectivity index (χ2v) is 6.22. The number of methoxy groups -OCH3 is 1. The van der Waals surface area contributed by atoms with Crippen LogP contribution < -0.4 is 15.4 Å². The Morgan fingerprint density at radius 3 is 2.54 bits per heavy atom. The average molecular weight is 471 g/mol. The largest absolute Gasteiger partial charge is 0.496 e. The van der Waals surface area contributed by atoms with Gasteiger partial charge in [-0.05, 0) is 25.5 Å². The van der Waals surface area contributed by atoms with Crippen molar-refractivity contribution in [2.24, 2.45) is 12.0 Å². The van der Waals surface area contributed by atoms with Crippen molar-refractivity contribution in [3.05, 3.63) is 46.8 Å². The van der Waals surface area contributed by atoms with E-state index in [2.05, 4.69) is 40.6 Å². The molecule has 0 radical (unpaired) electrons. The van der Waals surface area contributed by atoms with Crippen LogP contribution in [0.1, 0.15) is 35.4 Å². The molecule has 1 heterocycles. The SMILES string of the molecule is CN=C(NCc1c(C)nn(C)c1C)NCC(C)c1ccccc1OC.I. The first-order chi connectivity index (χ1) is 12.0. The molecule has 0 fully saturated rings. The fraction of sp³-hybridized carbons (Fsp3) is 0.474. The minimum atomic E-state index is 0. The molecule has 144 valence electrons. The van der Waals surface area contributed by atoms with Crippen LogP contribution in [0.5, 0.6) is 5.75 Å². The highest BCUT2D eigenvalue weighted by Gasteiger charge is 2.13. The van der Waals surface area contributed by atoms with E-state index in [1.165, 1.54) is 16.8 Å². The van der Waals surface area contributed by atoms with Gasteiger partial charge in [-0.2, -0.15) is 5.10 Å². The van der Waals surface area contributed by atoms with Gasteiger partial charge in [-0.15, -0.1) is 24.0 Å². The maximum absolute atomic E-state index is 5.45. The number of rotatable bonds is 6. The van der Waals surface area contributed by atoms with Crippen molar-refractivity contribution < 1.29 is 4.74 Å². The lowest BCUT2D eigenvalue weighted by Gasteiger charge is -2.18. The Bertz CT molecular complexity index is 742. The van der Waals surface area contributed by atoms with Crippen molar-refractivity contribution in [1.82, 2.24) is 20.4 Å². The summed E-state index contributed by atoms with van der Waals surface area (Å²) in [5.74, 6) is 2.00. The summed E-state index contributed by atoms with van der Waals surface area (Å²) in [7, 11) is 5.46. The van der Waals surface area contributed by atoms with Crippen LogP contribution in [0, 0.1) is 13.8 Å². The third-order valence-corrected chi connectivity index (χ3v) is 4.56. The topological polar surface area (TPSA) is 63.5 Å². The average Bonchev–Trinajstić information content (AvgIpc) is 2.87. The van der Waals surface area contributed by atoms with Gasteiger partial charge in [-0.1, -0.05) is 25.1 Å². The van der Waals surface area contributed by atoms with Crippen molar-refractivity contribution in [1.29, 1.82) is 0 Å². The van der Waals surface area contributed by atoms with E-state index in [4.69, 9.17) is 4.74 Å². The minimum Gasteiger partial charge on any atom is -0.496 e. The third-order valence-electron chi connectivity index (χ3n) is 4.56. The second-order valence-electron chi connectivity index (χ2n) is 6.22. The van der Waals surface area contributed by atoms with Crippen LogP contribution in [0.3, 0.4) is 0 Å². The van der Waals surface area contributed by atoms with E-state index in [0.29, 0.717) is 12.5 Å². The molecule has 6 nitrogen and oxygen atoms in total. The molecule has 0 aliphatic carbocycles. The number of hydrogen-bond donors (Lipinski definition) is 2. The molecular formula is C19H30IN5O. The molecular weight excluding hydrogens is 441 g/mol. The molecule has 0 saturated heterocycles. The number of para-hydroxylation sites is 1. The molecule has 0 saturated carbocycles. The Morgan fingerprint density at radius 2 is 1.96 bits per heavy atom. The normalized spacial score (nSPS) is 12.3. The zero-order valence-electron chi connectivity index (χ0n) is 16.5. The highest BCUT2D eigenvalue weighted by molar-refractivity contribution is 14.0. The summed E-state index contributed by atoms with van der Waals surface area (Å²) in [6, 6.07) is 8.12. The molecule has 0 bridgehead atoms. The van der Waals surface area contributed by atoms with E-state index >= 15 is 0 Å². The lowest BCUT2D eigenvalue weighted by atomic mass is 10.0. The van der Waals surface area contributed by atoms with Gasteiger partial charge >= 0.3 is 0 Å². The van der Waals surface area contributed by atoms with Crippen LogP contribution in [-0.4, -0.2) is 36.4 Å². The second kappa shape index (κ2) is 10.4. The first-order valence-corrected chi connectivity index (χ1v) is 8.54. The highest BCUT2D eigenvalue weighted by atomic mass is 127. The molecule has 0 spiro atoms. The number of nitrogens with zero attached hydrogens (tertiary/aromatic N) is 3. The first-order valence-electron chi connectivity index (χ1n) is 8.54. The van der Waals surface area contributed by atoms with Gasteiger partial charge in [0.15, 0.2) is 5.96 Å². The summed E-state index contributed by atoms with van der Waals surface area (Å²) in [6.07, 6.45) is 0. The molecule has 2 rings (SSSR count). The zero-order valence-corrected chi connectivity index (χ0v) is 18.8. The number of hydrogen-bond acceptors (Lipinski definition) is 3. The smallest absolute Gasteiger partial charge is 0.191 e. The summed E-state index contributed by atoms with van der Waals surface area (Å²) in [4.78, 5) is 4.31. The van der Waals surface area contributed by atoms with Gasteiger partial charge in [0.25, 0.3) is 0 Å². The fourth-order valence-corrected chi connectivity index (χ4v) is 2.90. The van der Waals surface area contributed by atoms with E-state index in [1.807, 2.05) is 36.9 Å². The molecule has 0 aliphatic rings. The van der Waals surface area contributed by atoms with Crippen LogP contribution in [-0.2, 0) is 13.6 Å². The number of guanidine groups is 1. The minimum absolute atomic E-state index is 0. The van der Waals surface area contributed by atoms with Crippen molar-refractivity contribution in [3.8, 4) is 5.75 Å². The van der Waals surface area contributed by atoms with Gasteiger partial charge in [0.2, 0.25) is 0 Å². The van der Waals surface area contributed by atoms with Crippen LogP contribution in [0.15, 0.2) is 29.3 Å². The number of nitrogens with one attached hydrogen (secondary N) is 2. The maximum Gasteiger partial charge on any atom is 0.191 e. The van der Waals surface area contributed by atoms with Crippen LogP contribution >= 0.6 is 24.0 Å². The van der Waals surface area contributed by atoms with Crippen molar-refractivity contribution in [2.75, 3.05) is 20.7 Å². The van der Waals surface area contributed by atoms with Crippen LogP contribution in [0.25, 0.3) is 0 Å². The molecule has 0 aliphatic heterocycles. The molecule has 26 heavy (non-hydrogen) atoms. The quantitative estimate of drug-likeness (QED) is 0.386. The summed E-state index contributed by atoms with van der Waals surface area (Å²) in [5.41, 5.74) is 4.61. The Morgan fingerprint density at radius 1 is 1.27 bits per heavy atom. The summed E-state index contributed by atoms with van der Waals surface area (Å²) in [5, 5.41) is 11.2.